The van der Waals surface area contributed by atoms with Gasteiger partial charge in [-0.15, -0.1) is 11.1 Å². The molecule has 0 saturated heterocycles. The molecule has 0 atom stereocenters. The van der Waals surface area contributed by atoms with Crippen LogP contribution in [0.3, 0.4) is 0 Å². The number of halogens is 4. The Morgan fingerprint density at radius 3 is 1.23 bits per heavy atom. The quantitative estimate of drug-likeness (QED) is 0.542. The molecule has 13 heavy (non-hydrogen) atoms. The summed E-state index contributed by atoms with van der Waals surface area (Å²) in [6.45, 7) is 8.02. The van der Waals surface area contributed by atoms with Crippen molar-refractivity contribution < 1.29 is 4.12 Å². The topological polar surface area (TPSA) is 9.23 Å². The molecule has 0 aromatic carbocycles. The summed E-state index contributed by atoms with van der Waals surface area (Å²) in [7, 11) is -2.40. The van der Waals surface area contributed by atoms with Crippen molar-refractivity contribution in [2.24, 2.45) is 0 Å². The third-order valence-electron chi connectivity index (χ3n) is 1.85. The minimum absolute atomic E-state index is 0.234. The second kappa shape index (κ2) is 5.06. The maximum Gasteiger partial charge on any atom is 0.484 e. The number of hydrogen-bond acceptors (Lipinski definition) is 1. The molecule has 0 heterocycles. The molecule has 0 unspecified atom stereocenters. The fourth-order valence-electron chi connectivity index (χ4n) is 1.08. The second-order valence-electron chi connectivity index (χ2n) is 3.55. The zero-order chi connectivity index (χ0) is 10.9. The van der Waals surface area contributed by atoms with Crippen LogP contribution in [0.1, 0.15) is 27.7 Å². The first-order valence-corrected chi connectivity index (χ1v) is 12.1. The maximum absolute atomic E-state index is 6.39. The molecule has 0 N–H and O–H groups in total. The predicted octanol–water partition coefficient (Wildman–Crippen LogP) is 4.66. The van der Waals surface area contributed by atoms with E-state index in [4.69, 9.17) is 48.4 Å². The van der Waals surface area contributed by atoms with Crippen molar-refractivity contribution >= 4 is 58.2 Å². The first kappa shape index (κ1) is 14.6. The van der Waals surface area contributed by atoms with Crippen molar-refractivity contribution in [1.29, 1.82) is 0 Å². The third kappa shape index (κ3) is 4.73. The van der Waals surface area contributed by atoms with Gasteiger partial charge in [0.25, 0.3) is 7.63 Å². The van der Waals surface area contributed by atoms with Gasteiger partial charge in [0, 0.05) is 0 Å². The lowest BCUT2D eigenvalue weighted by atomic mass is 10.5. The van der Waals surface area contributed by atoms with E-state index in [9.17, 15) is 0 Å². The van der Waals surface area contributed by atoms with E-state index in [0.29, 0.717) is 0 Å². The largest absolute Gasteiger partial charge is 0.484 e. The van der Waals surface area contributed by atoms with Crippen molar-refractivity contribution in [3.63, 3.8) is 0 Å². The average Bonchev–Trinajstić information content (AvgIpc) is 1.82. The highest BCUT2D eigenvalue weighted by Crippen LogP contribution is 2.41. The fourth-order valence-corrected chi connectivity index (χ4v) is 11.3. The van der Waals surface area contributed by atoms with E-state index in [-0.39, 0.29) is 11.1 Å². The molecule has 0 aliphatic carbocycles. The van der Waals surface area contributed by atoms with Gasteiger partial charge in [0.15, 0.2) is 0 Å². The summed E-state index contributed by atoms with van der Waals surface area (Å²) >= 11 is 23.5. The molecule has 0 bridgehead atoms. The molecule has 0 saturated carbocycles. The van der Waals surface area contributed by atoms with Gasteiger partial charge in [0.2, 0.25) is 0 Å². The van der Waals surface area contributed by atoms with Crippen molar-refractivity contribution in [3.05, 3.63) is 0 Å². The molecule has 0 spiro atoms. The normalized spacial score (nSPS) is 14.3. The first-order valence-electron chi connectivity index (χ1n) is 4.05. The Kier molecular flexibility index (Phi) is 5.66. The van der Waals surface area contributed by atoms with Crippen LogP contribution in [0.15, 0.2) is 0 Å². The van der Waals surface area contributed by atoms with Crippen molar-refractivity contribution in [1.82, 2.24) is 0 Å². The summed E-state index contributed by atoms with van der Waals surface area (Å²) < 4.78 is 5.49. The Morgan fingerprint density at radius 1 is 0.846 bits per heavy atom. The van der Waals surface area contributed by atoms with E-state index in [2.05, 4.69) is 0 Å². The number of hydrogen-bond donors (Lipinski definition) is 0. The SMILES string of the molecule is CC(C)[Si](Cl)(O[Si](Cl)(Cl)Cl)C(C)C. The lowest BCUT2D eigenvalue weighted by Crippen LogP contribution is -2.44. The Balaban J connectivity index is 4.62. The molecular weight excluding hydrogens is 286 g/mol. The Bertz CT molecular complexity index is 161. The van der Waals surface area contributed by atoms with E-state index < -0.39 is 13.9 Å². The summed E-state index contributed by atoms with van der Waals surface area (Å²) in [5, 5.41) is 0. The fraction of sp³-hybridized carbons (Fsp3) is 1.00. The Hall–Kier alpha value is 1.55. The van der Waals surface area contributed by atoms with Gasteiger partial charge < -0.3 is 4.12 Å². The highest BCUT2D eigenvalue weighted by atomic mass is 35.8. The Labute approximate surface area is 101 Å². The van der Waals surface area contributed by atoms with Gasteiger partial charge in [0.1, 0.15) is 0 Å². The summed E-state index contributed by atoms with van der Waals surface area (Å²) in [5.74, 6) is 0. The lowest BCUT2D eigenvalue weighted by molar-refractivity contribution is 0.558. The van der Waals surface area contributed by atoms with Gasteiger partial charge in [-0.2, -0.15) is 0 Å². The van der Waals surface area contributed by atoms with Gasteiger partial charge in [-0.25, -0.2) is 0 Å². The van der Waals surface area contributed by atoms with Crippen molar-refractivity contribution in [2.45, 2.75) is 38.8 Å². The minimum atomic E-state index is -3.07. The predicted molar refractivity (Wildman–Crippen MR) is 66.2 cm³/mol. The van der Waals surface area contributed by atoms with Crippen LogP contribution in [0.2, 0.25) is 11.1 Å². The van der Waals surface area contributed by atoms with E-state index >= 15 is 0 Å². The van der Waals surface area contributed by atoms with Crippen LogP contribution in [0, 0.1) is 0 Å². The van der Waals surface area contributed by atoms with Gasteiger partial charge in [-0.1, -0.05) is 60.9 Å². The van der Waals surface area contributed by atoms with Gasteiger partial charge in [-0.3, -0.25) is 0 Å². The zero-order valence-electron chi connectivity index (χ0n) is 8.07. The first-order chi connectivity index (χ1) is 5.59. The summed E-state index contributed by atoms with van der Waals surface area (Å²) in [6, 6.07) is 0. The summed E-state index contributed by atoms with van der Waals surface area (Å²) in [4.78, 5) is 0. The van der Waals surface area contributed by atoms with Gasteiger partial charge >= 0.3 is 6.25 Å². The standard InChI is InChI=1S/C6H14Cl4OSi2/c1-5(2)12(7,6(3)4)11-13(8,9)10/h5-6H,1-4H3. The monoisotopic (exact) mass is 298 g/mol. The second-order valence-corrected chi connectivity index (χ2v) is 17.3. The van der Waals surface area contributed by atoms with Gasteiger partial charge in [0.05, 0.1) is 0 Å². The molecule has 0 aromatic rings. The Morgan fingerprint density at radius 2 is 1.15 bits per heavy atom. The highest BCUT2D eigenvalue weighted by Gasteiger charge is 2.47. The summed E-state index contributed by atoms with van der Waals surface area (Å²) in [5.41, 5.74) is 0.467. The molecule has 7 heteroatoms. The van der Waals surface area contributed by atoms with Crippen LogP contribution in [-0.4, -0.2) is 13.9 Å². The molecule has 80 valence electrons. The third-order valence-corrected chi connectivity index (χ3v) is 12.6. The lowest BCUT2D eigenvalue weighted by Gasteiger charge is -2.34. The molecule has 0 aliphatic heterocycles. The van der Waals surface area contributed by atoms with Crippen LogP contribution in [0.4, 0.5) is 0 Å². The van der Waals surface area contributed by atoms with Crippen molar-refractivity contribution in [3.8, 4) is 0 Å². The van der Waals surface area contributed by atoms with Crippen LogP contribution in [0.25, 0.3) is 0 Å². The van der Waals surface area contributed by atoms with Crippen LogP contribution >= 0.6 is 44.3 Å². The molecule has 0 aliphatic rings. The van der Waals surface area contributed by atoms with Crippen LogP contribution in [-0.2, 0) is 4.12 Å². The van der Waals surface area contributed by atoms with Crippen LogP contribution < -0.4 is 0 Å². The average molecular weight is 300 g/mol. The van der Waals surface area contributed by atoms with Crippen LogP contribution in [0.5, 0.6) is 0 Å². The molecule has 0 fully saturated rings. The molecule has 0 radical (unpaired) electrons. The molecule has 0 amide bonds. The van der Waals surface area contributed by atoms with Crippen molar-refractivity contribution in [2.75, 3.05) is 0 Å². The van der Waals surface area contributed by atoms with E-state index in [0.717, 1.165) is 0 Å². The van der Waals surface area contributed by atoms with E-state index in [1.807, 2.05) is 27.7 Å². The summed E-state index contributed by atoms with van der Waals surface area (Å²) in [6.07, 6.45) is -3.07. The molecule has 0 aromatic heterocycles. The highest BCUT2D eigenvalue weighted by molar-refractivity contribution is 7.63. The zero-order valence-corrected chi connectivity index (χ0v) is 13.1. The van der Waals surface area contributed by atoms with E-state index in [1.165, 1.54) is 0 Å². The molecular formula is C6H14Cl4OSi2. The number of rotatable bonds is 4. The minimum Gasteiger partial charge on any atom is -0.410 e. The molecule has 0 rings (SSSR count). The van der Waals surface area contributed by atoms with E-state index in [1.54, 1.807) is 0 Å². The molecule has 1 nitrogen and oxygen atoms in total. The van der Waals surface area contributed by atoms with Gasteiger partial charge in [-0.05, 0) is 11.1 Å². The smallest absolute Gasteiger partial charge is 0.410 e. The maximum atomic E-state index is 6.39.